The molecule has 0 saturated heterocycles. The zero-order chi connectivity index (χ0) is 45.9. The van der Waals surface area contributed by atoms with E-state index in [1.807, 2.05) is 0 Å². The van der Waals surface area contributed by atoms with Gasteiger partial charge < -0.3 is 16.0 Å². The summed E-state index contributed by atoms with van der Waals surface area (Å²) in [5, 5.41) is 12.2. The average Bonchev–Trinajstić information content (AvgIpc) is 3.34. The molecule has 0 aromatic heterocycles. The second-order valence-corrected chi connectivity index (χ2v) is 20.0. The standard InChI is InChI=1S/C62H105N3/c1-4-7-10-13-16-19-22-25-28-31-34-43-52-63-60-51-50-58(61(56-46-39-37-40-47-56)64-53-44-35-32-29-26-23-20-17-14-11-8-5-2)55-59(60)62(57-48-41-38-42-49-57)65-54-45-36-33-30-27-24-21-18-15-12-9-6-3/h37-42,46-51,55,61-65H,4-36,43-45,52-54H2,1-3H3. The summed E-state index contributed by atoms with van der Waals surface area (Å²) in [7, 11) is 0. The SMILES string of the molecule is CCCCCCCCCCCCCCNc1ccc(C(NCCCCCCCCCCCCCC)c2ccccc2)cc1C(NCCCCCCCCCCCCCC)c1ccccc1. The Hall–Kier alpha value is -2.62. The Labute approximate surface area is 404 Å². The lowest BCUT2D eigenvalue weighted by Crippen LogP contribution is -2.27. The van der Waals surface area contributed by atoms with Crippen LogP contribution in [0.1, 0.15) is 286 Å². The van der Waals surface area contributed by atoms with E-state index in [1.54, 1.807) is 0 Å². The van der Waals surface area contributed by atoms with Gasteiger partial charge in [-0.2, -0.15) is 0 Å². The summed E-state index contributed by atoms with van der Waals surface area (Å²) >= 11 is 0. The number of hydrogen-bond donors (Lipinski definition) is 3. The first-order valence-corrected chi connectivity index (χ1v) is 28.7. The molecule has 0 aliphatic heterocycles. The van der Waals surface area contributed by atoms with Gasteiger partial charge in [0.25, 0.3) is 0 Å². The van der Waals surface area contributed by atoms with E-state index in [2.05, 4.69) is 116 Å². The lowest BCUT2D eigenvalue weighted by atomic mass is 9.91. The minimum Gasteiger partial charge on any atom is -0.385 e. The van der Waals surface area contributed by atoms with Crippen LogP contribution in [0.2, 0.25) is 0 Å². The zero-order valence-electron chi connectivity index (χ0n) is 43.2. The minimum atomic E-state index is 0.140. The Morgan fingerprint density at radius 2 is 0.600 bits per heavy atom. The smallest absolute Gasteiger partial charge is 0.0597 e. The molecule has 0 amide bonds. The van der Waals surface area contributed by atoms with Gasteiger partial charge in [0.05, 0.1) is 12.1 Å². The molecule has 0 spiro atoms. The van der Waals surface area contributed by atoms with E-state index in [9.17, 15) is 0 Å². The van der Waals surface area contributed by atoms with E-state index in [4.69, 9.17) is 0 Å². The number of benzene rings is 3. The second-order valence-electron chi connectivity index (χ2n) is 20.0. The highest BCUT2D eigenvalue weighted by Crippen LogP contribution is 2.34. The van der Waals surface area contributed by atoms with Crippen molar-refractivity contribution in [3.63, 3.8) is 0 Å². The third kappa shape index (κ3) is 28.3. The first-order chi connectivity index (χ1) is 32.3. The summed E-state index contributed by atoms with van der Waals surface area (Å²) < 4.78 is 0. The van der Waals surface area contributed by atoms with Crippen LogP contribution in [0.15, 0.2) is 78.9 Å². The van der Waals surface area contributed by atoms with E-state index in [0.717, 1.165) is 19.6 Å². The quantitative estimate of drug-likeness (QED) is 0.0495. The molecule has 2 atom stereocenters. The van der Waals surface area contributed by atoms with Crippen molar-refractivity contribution in [3.05, 3.63) is 101 Å². The molecule has 3 rings (SSSR count). The third-order valence-electron chi connectivity index (χ3n) is 14.1. The summed E-state index contributed by atoms with van der Waals surface area (Å²) in [6.07, 6.45) is 49.8. The van der Waals surface area contributed by atoms with Crippen molar-refractivity contribution in [3.8, 4) is 0 Å². The van der Waals surface area contributed by atoms with Gasteiger partial charge in [0.1, 0.15) is 0 Å². The van der Waals surface area contributed by atoms with E-state index >= 15 is 0 Å². The van der Waals surface area contributed by atoms with Crippen molar-refractivity contribution in [1.82, 2.24) is 10.6 Å². The predicted octanol–water partition coefficient (Wildman–Crippen LogP) is 19.6. The van der Waals surface area contributed by atoms with Gasteiger partial charge in [0.15, 0.2) is 0 Å². The molecule has 0 bridgehead atoms. The van der Waals surface area contributed by atoms with Gasteiger partial charge >= 0.3 is 0 Å². The topological polar surface area (TPSA) is 36.1 Å². The Bertz CT molecular complexity index is 1440. The average molecular weight is 893 g/mol. The molecular formula is C62H105N3. The maximum atomic E-state index is 4.12. The molecule has 3 nitrogen and oxygen atoms in total. The van der Waals surface area contributed by atoms with Crippen LogP contribution in [0.5, 0.6) is 0 Å². The lowest BCUT2D eigenvalue weighted by Gasteiger charge is -2.27. The molecule has 2 unspecified atom stereocenters. The summed E-state index contributed by atoms with van der Waals surface area (Å²) in [6.45, 7) is 10.1. The van der Waals surface area contributed by atoms with Crippen molar-refractivity contribution in [2.24, 2.45) is 0 Å². The molecule has 65 heavy (non-hydrogen) atoms. The summed E-state index contributed by atoms with van der Waals surface area (Å²) in [6, 6.07) is 30.2. The molecule has 0 aliphatic rings. The zero-order valence-corrected chi connectivity index (χ0v) is 43.2. The fraction of sp³-hybridized carbons (Fsp3) is 0.710. The number of anilines is 1. The van der Waals surface area contributed by atoms with Crippen molar-refractivity contribution in [1.29, 1.82) is 0 Å². The summed E-state index contributed by atoms with van der Waals surface area (Å²) in [5.74, 6) is 0. The monoisotopic (exact) mass is 892 g/mol. The van der Waals surface area contributed by atoms with Crippen LogP contribution in [0.4, 0.5) is 5.69 Å². The van der Waals surface area contributed by atoms with Gasteiger partial charge in [-0.1, -0.05) is 299 Å². The molecule has 3 N–H and O–H groups in total. The molecule has 3 heteroatoms. The van der Waals surface area contributed by atoms with Crippen LogP contribution < -0.4 is 16.0 Å². The molecule has 3 aromatic rings. The van der Waals surface area contributed by atoms with E-state index in [0.29, 0.717) is 0 Å². The van der Waals surface area contributed by atoms with Crippen LogP contribution in [0, 0.1) is 0 Å². The molecule has 0 aliphatic carbocycles. The molecule has 0 saturated carbocycles. The highest BCUT2D eigenvalue weighted by atomic mass is 14.9. The lowest BCUT2D eigenvalue weighted by molar-refractivity contribution is 0.521. The Balaban J connectivity index is 1.63. The third-order valence-corrected chi connectivity index (χ3v) is 14.1. The van der Waals surface area contributed by atoms with Gasteiger partial charge in [0, 0.05) is 12.2 Å². The maximum Gasteiger partial charge on any atom is 0.0597 e. The molecule has 0 heterocycles. The highest BCUT2D eigenvalue weighted by Gasteiger charge is 2.21. The molecular weight excluding hydrogens is 787 g/mol. The molecule has 0 fully saturated rings. The van der Waals surface area contributed by atoms with Gasteiger partial charge in [-0.05, 0) is 66.7 Å². The minimum absolute atomic E-state index is 0.140. The normalized spacial score (nSPS) is 12.5. The second kappa shape index (κ2) is 41.6. The Morgan fingerprint density at radius 1 is 0.292 bits per heavy atom. The molecule has 0 radical (unpaired) electrons. The largest absolute Gasteiger partial charge is 0.385 e. The molecule has 368 valence electrons. The van der Waals surface area contributed by atoms with Crippen molar-refractivity contribution < 1.29 is 0 Å². The van der Waals surface area contributed by atoms with E-state index in [-0.39, 0.29) is 12.1 Å². The number of unbranched alkanes of at least 4 members (excludes halogenated alkanes) is 33. The van der Waals surface area contributed by atoms with Crippen LogP contribution in [-0.2, 0) is 0 Å². The highest BCUT2D eigenvalue weighted by molar-refractivity contribution is 5.57. The van der Waals surface area contributed by atoms with Crippen molar-refractivity contribution in [2.45, 2.75) is 264 Å². The van der Waals surface area contributed by atoms with Crippen molar-refractivity contribution in [2.75, 3.05) is 25.0 Å². The van der Waals surface area contributed by atoms with Gasteiger partial charge in [-0.15, -0.1) is 0 Å². The van der Waals surface area contributed by atoms with Gasteiger partial charge in [-0.3, -0.25) is 0 Å². The van der Waals surface area contributed by atoms with Crippen LogP contribution in [0.3, 0.4) is 0 Å². The van der Waals surface area contributed by atoms with Crippen LogP contribution in [-0.4, -0.2) is 19.6 Å². The Morgan fingerprint density at radius 3 is 0.969 bits per heavy atom. The van der Waals surface area contributed by atoms with Crippen LogP contribution in [0.25, 0.3) is 0 Å². The number of nitrogens with one attached hydrogen (secondary N) is 3. The predicted molar refractivity (Wildman–Crippen MR) is 291 cm³/mol. The fourth-order valence-corrected chi connectivity index (χ4v) is 9.90. The van der Waals surface area contributed by atoms with Gasteiger partial charge in [-0.25, -0.2) is 0 Å². The summed E-state index contributed by atoms with van der Waals surface area (Å²) in [5.41, 5.74) is 6.77. The van der Waals surface area contributed by atoms with Gasteiger partial charge in [0.2, 0.25) is 0 Å². The van der Waals surface area contributed by atoms with E-state index in [1.165, 1.54) is 259 Å². The molecule has 3 aromatic carbocycles. The van der Waals surface area contributed by atoms with Crippen LogP contribution >= 0.6 is 0 Å². The van der Waals surface area contributed by atoms with Crippen molar-refractivity contribution >= 4 is 5.69 Å². The number of hydrogen-bond acceptors (Lipinski definition) is 3. The maximum absolute atomic E-state index is 4.12. The number of rotatable bonds is 46. The van der Waals surface area contributed by atoms with E-state index < -0.39 is 0 Å². The summed E-state index contributed by atoms with van der Waals surface area (Å²) in [4.78, 5) is 0. The first-order valence-electron chi connectivity index (χ1n) is 28.7. The first kappa shape index (κ1) is 56.7. The fourth-order valence-electron chi connectivity index (χ4n) is 9.90. The Kier molecular flexibility index (Phi) is 36.3.